The minimum atomic E-state index is -0.324. The molecule has 1 aromatic heterocycles. The molecule has 29 heavy (non-hydrogen) atoms. The molecule has 0 radical (unpaired) electrons. The van der Waals surface area contributed by atoms with Crippen molar-refractivity contribution < 1.29 is 9.90 Å². The molecule has 0 spiro atoms. The number of amides is 1. The average molecular weight is 446 g/mol. The lowest BCUT2D eigenvalue weighted by molar-refractivity contribution is 0.0956. The van der Waals surface area contributed by atoms with Crippen molar-refractivity contribution in [3.63, 3.8) is 0 Å². The summed E-state index contributed by atoms with van der Waals surface area (Å²) in [5, 5.41) is 14.4. The number of carbonyl (C=O) groups excluding carboxylic acids is 1. The molecule has 1 heterocycles. The molecule has 2 N–H and O–H groups in total. The Morgan fingerprint density at radius 1 is 1.00 bits per heavy atom. The lowest BCUT2D eigenvalue weighted by Gasteiger charge is -2.09. The van der Waals surface area contributed by atoms with Crippen molar-refractivity contribution in [1.82, 2.24) is 10.4 Å². The van der Waals surface area contributed by atoms with Crippen molar-refractivity contribution in [3.8, 4) is 17.0 Å². The van der Waals surface area contributed by atoms with E-state index in [0.717, 1.165) is 27.7 Å². The molecular weight excluding hydrogens is 430 g/mol. The molecule has 0 atom stereocenters. The van der Waals surface area contributed by atoms with Crippen molar-refractivity contribution in [3.05, 3.63) is 94.5 Å². The Morgan fingerprint density at radius 3 is 2.55 bits per heavy atom. The molecule has 6 heteroatoms. The number of benzene rings is 3. The highest BCUT2D eigenvalue weighted by molar-refractivity contribution is 9.10. The molecule has 0 bridgehead atoms. The van der Waals surface area contributed by atoms with Gasteiger partial charge in [-0.1, -0.05) is 48.5 Å². The first kappa shape index (κ1) is 18.8. The smallest absolute Gasteiger partial charge is 0.272 e. The van der Waals surface area contributed by atoms with E-state index in [2.05, 4.69) is 31.4 Å². The molecule has 0 saturated carbocycles. The minimum absolute atomic E-state index is 0.142. The molecule has 0 fully saturated rings. The highest BCUT2D eigenvalue weighted by Gasteiger charge is 2.13. The maximum atomic E-state index is 12.9. The number of nitrogens with one attached hydrogen (secondary N) is 1. The number of halogens is 1. The van der Waals surface area contributed by atoms with Crippen LogP contribution in [0.25, 0.3) is 22.2 Å². The summed E-state index contributed by atoms with van der Waals surface area (Å²) in [5.74, 6) is -0.183. The van der Waals surface area contributed by atoms with Crippen molar-refractivity contribution in [2.75, 3.05) is 0 Å². The number of carbonyl (C=O) groups is 1. The van der Waals surface area contributed by atoms with Gasteiger partial charge in [-0.25, -0.2) is 10.4 Å². The summed E-state index contributed by atoms with van der Waals surface area (Å²) in [7, 11) is 0. The number of hydrogen-bond donors (Lipinski definition) is 2. The first-order chi connectivity index (χ1) is 14.1. The standard InChI is InChI=1S/C23H16BrN3O2/c24-19-12-15(10-11-22(19)28)14-25-27-23(29)18-13-21(16-6-2-1-3-7-16)26-20-9-5-4-8-17(18)20/h1-14,28H,(H,27,29)/b25-14+. The summed E-state index contributed by atoms with van der Waals surface area (Å²) in [6, 6.07) is 24.0. The SMILES string of the molecule is O=C(N/N=C/c1ccc(O)c(Br)c1)c1cc(-c2ccccc2)nc2ccccc12. The van der Waals surface area contributed by atoms with Crippen LogP contribution in [0.15, 0.2) is 88.4 Å². The maximum Gasteiger partial charge on any atom is 0.272 e. The van der Waals surface area contributed by atoms with E-state index in [0.29, 0.717) is 10.0 Å². The number of aromatic hydroxyl groups is 1. The number of hydrazone groups is 1. The van der Waals surface area contributed by atoms with Gasteiger partial charge in [-0.15, -0.1) is 0 Å². The highest BCUT2D eigenvalue weighted by Crippen LogP contribution is 2.25. The Balaban J connectivity index is 1.66. The van der Waals surface area contributed by atoms with Gasteiger partial charge in [-0.05, 0) is 51.8 Å². The summed E-state index contributed by atoms with van der Waals surface area (Å²) >= 11 is 3.25. The highest BCUT2D eigenvalue weighted by atomic mass is 79.9. The molecule has 0 saturated heterocycles. The van der Waals surface area contributed by atoms with E-state index >= 15 is 0 Å². The topological polar surface area (TPSA) is 74.6 Å². The van der Waals surface area contributed by atoms with Gasteiger partial charge in [0.05, 0.1) is 27.5 Å². The van der Waals surface area contributed by atoms with Gasteiger partial charge in [0.15, 0.2) is 0 Å². The maximum absolute atomic E-state index is 12.9. The van der Waals surface area contributed by atoms with Gasteiger partial charge in [-0.2, -0.15) is 5.10 Å². The Kier molecular flexibility index (Phi) is 5.35. The molecule has 5 nitrogen and oxygen atoms in total. The largest absolute Gasteiger partial charge is 0.507 e. The number of rotatable bonds is 4. The zero-order chi connectivity index (χ0) is 20.2. The fraction of sp³-hybridized carbons (Fsp3) is 0. The van der Waals surface area contributed by atoms with E-state index < -0.39 is 0 Å². The molecule has 1 amide bonds. The van der Waals surface area contributed by atoms with Crippen LogP contribution in [0, 0.1) is 0 Å². The Labute approximate surface area is 175 Å². The van der Waals surface area contributed by atoms with E-state index in [4.69, 9.17) is 0 Å². The third-order valence-electron chi connectivity index (χ3n) is 4.38. The van der Waals surface area contributed by atoms with Crippen molar-refractivity contribution in [2.45, 2.75) is 0 Å². The summed E-state index contributed by atoms with van der Waals surface area (Å²) < 4.78 is 0.556. The normalized spacial score (nSPS) is 11.1. The minimum Gasteiger partial charge on any atom is -0.507 e. The van der Waals surface area contributed by atoms with Crippen molar-refractivity contribution in [1.29, 1.82) is 0 Å². The Hall–Kier alpha value is -3.51. The number of phenolic OH excluding ortho intramolecular Hbond substituents is 1. The van der Waals surface area contributed by atoms with Gasteiger partial charge in [-0.3, -0.25) is 4.79 Å². The van der Waals surface area contributed by atoms with Gasteiger partial charge < -0.3 is 5.11 Å². The van der Waals surface area contributed by atoms with Crippen LogP contribution in [0.3, 0.4) is 0 Å². The third-order valence-corrected chi connectivity index (χ3v) is 5.02. The molecular formula is C23H16BrN3O2. The number of pyridine rings is 1. The van der Waals surface area contributed by atoms with Gasteiger partial charge in [0, 0.05) is 10.9 Å². The van der Waals surface area contributed by atoms with E-state index in [1.54, 1.807) is 24.3 Å². The van der Waals surface area contributed by atoms with Gasteiger partial charge in [0.25, 0.3) is 5.91 Å². The van der Waals surface area contributed by atoms with Crippen molar-refractivity contribution >= 4 is 39.0 Å². The predicted molar refractivity (Wildman–Crippen MR) is 118 cm³/mol. The van der Waals surface area contributed by atoms with Gasteiger partial charge >= 0.3 is 0 Å². The van der Waals surface area contributed by atoms with E-state index in [1.807, 2.05) is 54.6 Å². The monoisotopic (exact) mass is 445 g/mol. The fourth-order valence-corrected chi connectivity index (χ4v) is 3.35. The number of fused-ring (bicyclic) bond motifs is 1. The number of hydrogen-bond acceptors (Lipinski definition) is 4. The molecule has 0 aliphatic heterocycles. The number of para-hydroxylation sites is 1. The first-order valence-corrected chi connectivity index (χ1v) is 9.68. The van der Waals surface area contributed by atoms with E-state index in [9.17, 15) is 9.90 Å². The quantitative estimate of drug-likeness (QED) is 0.337. The van der Waals surface area contributed by atoms with Crippen LogP contribution in [0.2, 0.25) is 0 Å². The fourth-order valence-electron chi connectivity index (χ4n) is 2.95. The van der Waals surface area contributed by atoms with Crippen LogP contribution in [-0.4, -0.2) is 22.2 Å². The lowest BCUT2D eigenvalue weighted by Crippen LogP contribution is -2.18. The van der Waals surface area contributed by atoms with Gasteiger partial charge in [0.1, 0.15) is 5.75 Å². The number of nitrogens with zero attached hydrogens (tertiary/aromatic N) is 2. The molecule has 4 aromatic rings. The summed E-state index contributed by atoms with van der Waals surface area (Å²) in [6.07, 6.45) is 1.52. The average Bonchev–Trinajstić information content (AvgIpc) is 2.76. The zero-order valence-electron chi connectivity index (χ0n) is 15.2. The Morgan fingerprint density at radius 2 is 1.76 bits per heavy atom. The molecule has 4 rings (SSSR count). The van der Waals surface area contributed by atoms with E-state index in [1.165, 1.54) is 6.21 Å². The molecule has 0 unspecified atom stereocenters. The third kappa shape index (κ3) is 4.17. The summed E-state index contributed by atoms with van der Waals surface area (Å²) in [6.45, 7) is 0. The molecule has 3 aromatic carbocycles. The summed E-state index contributed by atoms with van der Waals surface area (Å²) in [5.41, 5.74) is 6.21. The first-order valence-electron chi connectivity index (χ1n) is 8.89. The van der Waals surface area contributed by atoms with Crippen LogP contribution in [0.1, 0.15) is 15.9 Å². The lowest BCUT2D eigenvalue weighted by atomic mass is 10.0. The summed E-state index contributed by atoms with van der Waals surface area (Å²) in [4.78, 5) is 17.5. The van der Waals surface area contributed by atoms with E-state index in [-0.39, 0.29) is 11.7 Å². The van der Waals surface area contributed by atoms with Crippen LogP contribution in [0.5, 0.6) is 5.75 Å². The van der Waals surface area contributed by atoms with Crippen LogP contribution in [0.4, 0.5) is 0 Å². The number of phenols is 1. The van der Waals surface area contributed by atoms with Gasteiger partial charge in [0.2, 0.25) is 0 Å². The van der Waals surface area contributed by atoms with Crippen molar-refractivity contribution in [2.24, 2.45) is 5.10 Å². The molecule has 0 aliphatic rings. The van der Waals surface area contributed by atoms with Crippen LogP contribution < -0.4 is 5.43 Å². The predicted octanol–water partition coefficient (Wildman–Crippen LogP) is 5.13. The number of aromatic nitrogens is 1. The molecule has 0 aliphatic carbocycles. The van der Waals surface area contributed by atoms with Crippen LogP contribution in [-0.2, 0) is 0 Å². The molecule has 142 valence electrons. The Bertz CT molecular complexity index is 1220. The second-order valence-corrected chi connectivity index (χ2v) is 7.20. The van der Waals surface area contributed by atoms with Crippen LogP contribution >= 0.6 is 15.9 Å². The zero-order valence-corrected chi connectivity index (χ0v) is 16.8. The second-order valence-electron chi connectivity index (χ2n) is 6.35. The second kappa shape index (κ2) is 8.24.